The average molecular weight is 334 g/mol. The summed E-state index contributed by atoms with van der Waals surface area (Å²) in [6.07, 6.45) is 0.924. The van der Waals surface area contributed by atoms with E-state index in [1.807, 2.05) is 25.1 Å². The monoisotopic (exact) mass is 333 g/mol. The van der Waals surface area contributed by atoms with Gasteiger partial charge in [-0.05, 0) is 19.4 Å². The summed E-state index contributed by atoms with van der Waals surface area (Å²) in [5, 5.41) is 12.3. The zero-order valence-corrected chi connectivity index (χ0v) is 13.8. The molecule has 5 heteroatoms. The molecule has 3 rings (SSSR count). The first-order chi connectivity index (χ1) is 11.1. The molecular weight excluding hydrogens is 314 g/mol. The van der Waals surface area contributed by atoms with E-state index in [4.69, 9.17) is 16.3 Å². The van der Waals surface area contributed by atoms with E-state index in [1.54, 1.807) is 17.0 Å². The Hall–Kier alpha value is -1.78. The molecule has 0 aliphatic carbocycles. The summed E-state index contributed by atoms with van der Waals surface area (Å²) in [5.41, 5.74) is 0.269. The lowest BCUT2D eigenvalue weighted by molar-refractivity contribution is 0.0760. The van der Waals surface area contributed by atoms with Gasteiger partial charge in [-0.3, -0.25) is 4.79 Å². The van der Waals surface area contributed by atoms with Gasteiger partial charge in [-0.25, -0.2) is 0 Å². The first-order valence-corrected chi connectivity index (χ1v) is 8.26. The van der Waals surface area contributed by atoms with Gasteiger partial charge in [0.15, 0.2) is 0 Å². The Labute approximate surface area is 140 Å². The maximum Gasteiger partial charge on any atom is 0.257 e. The number of rotatable bonds is 4. The molecule has 1 atom stereocenters. The van der Waals surface area contributed by atoms with Crippen LogP contribution in [0.1, 0.15) is 23.7 Å². The number of likely N-dealkylation sites (tertiary alicyclic amines) is 1. The molecule has 1 N–H and O–H groups in total. The van der Waals surface area contributed by atoms with Crippen LogP contribution in [0, 0.1) is 5.92 Å². The predicted molar refractivity (Wildman–Crippen MR) is 91.1 cm³/mol. The molecule has 23 heavy (non-hydrogen) atoms. The van der Waals surface area contributed by atoms with Crippen molar-refractivity contribution in [1.82, 2.24) is 4.90 Å². The lowest BCUT2D eigenvalue weighted by Crippen LogP contribution is -2.29. The Morgan fingerprint density at radius 2 is 2.13 bits per heavy atom. The predicted octanol–water partition coefficient (Wildman–Crippen LogP) is 3.70. The first-order valence-electron chi connectivity index (χ1n) is 7.89. The van der Waals surface area contributed by atoms with Crippen molar-refractivity contribution >= 4 is 28.3 Å². The number of benzene rings is 2. The number of phenols is 1. The van der Waals surface area contributed by atoms with Crippen molar-refractivity contribution in [3.63, 3.8) is 0 Å². The van der Waals surface area contributed by atoms with Crippen molar-refractivity contribution in [3.05, 3.63) is 40.9 Å². The summed E-state index contributed by atoms with van der Waals surface area (Å²) < 4.78 is 5.44. The van der Waals surface area contributed by atoms with E-state index in [1.165, 1.54) is 0 Å². The lowest BCUT2D eigenvalue weighted by atomic mass is 10.0. The third-order valence-corrected chi connectivity index (χ3v) is 4.64. The second kappa shape index (κ2) is 6.77. The highest BCUT2D eigenvalue weighted by Crippen LogP contribution is 2.35. The number of halogens is 1. The standard InChI is InChI=1S/C18H20ClNO3/c1-2-23-11-12-7-8-20(10-12)18(22)15-9-16(19)13-5-3-4-6-14(13)17(15)21/h3-6,9,12,21H,2,7-8,10-11H2,1H3/t12-/m0/s1. The van der Waals surface area contributed by atoms with Crippen molar-refractivity contribution in [2.45, 2.75) is 13.3 Å². The second-order valence-corrected chi connectivity index (χ2v) is 6.27. The molecule has 1 heterocycles. The Kier molecular flexibility index (Phi) is 4.74. The van der Waals surface area contributed by atoms with Gasteiger partial charge in [-0.1, -0.05) is 35.9 Å². The van der Waals surface area contributed by atoms with Gasteiger partial charge in [0.05, 0.1) is 12.2 Å². The highest BCUT2D eigenvalue weighted by molar-refractivity contribution is 6.36. The maximum absolute atomic E-state index is 12.7. The number of hydrogen-bond donors (Lipinski definition) is 1. The molecule has 1 amide bonds. The topological polar surface area (TPSA) is 49.8 Å². The molecule has 1 aliphatic rings. The van der Waals surface area contributed by atoms with Gasteiger partial charge in [0, 0.05) is 41.4 Å². The van der Waals surface area contributed by atoms with Gasteiger partial charge in [-0.15, -0.1) is 0 Å². The molecule has 0 unspecified atom stereocenters. The van der Waals surface area contributed by atoms with Crippen LogP contribution in [-0.2, 0) is 4.74 Å². The van der Waals surface area contributed by atoms with Gasteiger partial charge in [0.25, 0.3) is 5.91 Å². The third-order valence-electron chi connectivity index (χ3n) is 4.33. The molecule has 1 fully saturated rings. The number of fused-ring (bicyclic) bond motifs is 1. The Bertz CT molecular complexity index is 732. The van der Waals surface area contributed by atoms with E-state index in [2.05, 4.69) is 0 Å². The number of aromatic hydroxyl groups is 1. The molecular formula is C18H20ClNO3. The van der Waals surface area contributed by atoms with Crippen LogP contribution in [-0.4, -0.2) is 42.2 Å². The summed E-state index contributed by atoms with van der Waals surface area (Å²) in [4.78, 5) is 14.5. The molecule has 0 spiro atoms. The van der Waals surface area contributed by atoms with E-state index in [-0.39, 0.29) is 17.2 Å². The zero-order chi connectivity index (χ0) is 16.4. The number of amides is 1. The van der Waals surface area contributed by atoms with Crippen molar-refractivity contribution in [3.8, 4) is 5.75 Å². The number of carbonyl (C=O) groups excluding carboxylic acids is 1. The summed E-state index contributed by atoms with van der Waals surface area (Å²) in [6, 6.07) is 8.85. The van der Waals surface area contributed by atoms with Crippen LogP contribution >= 0.6 is 11.6 Å². The highest BCUT2D eigenvalue weighted by atomic mass is 35.5. The normalized spacial score (nSPS) is 17.8. The van der Waals surface area contributed by atoms with Crippen LogP contribution in [0.5, 0.6) is 5.75 Å². The first kappa shape index (κ1) is 16.1. The molecule has 4 nitrogen and oxygen atoms in total. The van der Waals surface area contributed by atoms with E-state index in [0.29, 0.717) is 42.6 Å². The smallest absolute Gasteiger partial charge is 0.257 e. The third kappa shape index (κ3) is 3.14. The second-order valence-electron chi connectivity index (χ2n) is 5.87. The molecule has 0 bridgehead atoms. The van der Waals surface area contributed by atoms with Crippen LogP contribution in [0.15, 0.2) is 30.3 Å². The van der Waals surface area contributed by atoms with E-state index in [9.17, 15) is 9.90 Å². The lowest BCUT2D eigenvalue weighted by Gasteiger charge is -2.18. The van der Waals surface area contributed by atoms with E-state index in [0.717, 1.165) is 11.8 Å². The number of nitrogens with zero attached hydrogens (tertiary/aromatic N) is 1. The summed E-state index contributed by atoms with van der Waals surface area (Å²) in [5.74, 6) is 0.189. The van der Waals surface area contributed by atoms with Gasteiger partial charge in [0.2, 0.25) is 0 Å². The van der Waals surface area contributed by atoms with Crippen LogP contribution in [0.25, 0.3) is 10.8 Å². The Balaban J connectivity index is 1.86. The molecule has 0 radical (unpaired) electrons. The molecule has 1 aliphatic heterocycles. The Morgan fingerprint density at radius 3 is 2.87 bits per heavy atom. The SMILES string of the molecule is CCOC[C@H]1CCN(C(=O)c2cc(Cl)c3ccccc3c2O)C1. The van der Waals surface area contributed by atoms with E-state index < -0.39 is 0 Å². The maximum atomic E-state index is 12.7. The number of hydrogen-bond acceptors (Lipinski definition) is 3. The summed E-state index contributed by atoms with van der Waals surface area (Å²) in [6.45, 7) is 4.66. The molecule has 122 valence electrons. The fourth-order valence-corrected chi connectivity index (χ4v) is 3.36. The minimum atomic E-state index is -0.172. The average Bonchev–Trinajstić information content (AvgIpc) is 3.04. The van der Waals surface area contributed by atoms with Crippen LogP contribution in [0.3, 0.4) is 0 Å². The minimum absolute atomic E-state index is 0.00302. The number of carbonyl (C=O) groups is 1. The van der Waals surface area contributed by atoms with Crippen molar-refractivity contribution in [2.24, 2.45) is 5.92 Å². The van der Waals surface area contributed by atoms with Crippen molar-refractivity contribution in [1.29, 1.82) is 0 Å². The fraction of sp³-hybridized carbons (Fsp3) is 0.389. The van der Waals surface area contributed by atoms with Crippen molar-refractivity contribution in [2.75, 3.05) is 26.3 Å². The minimum Gasteiger partial charge on any atom is -0.506 e. The van der Waals surface area contributed by atoms with Gasteiger partial charge < -0.3 is 14.7 Å². The number of phenolic OH excluding ortho intramolecular Hbond substituents is 1. The molecule has 0 aromatic heterocycles. The zero-order valence-electron chi connectivity index (χ0n) is 13.1. The number of ether oxygens (including phenoxy) is 1. The van der Waals surface area contributed by atoms with Crippen LogP contribution in [0.2, 0.25) is 5.02 Å². The molecule has 2 aromatic rings. The van der Waals surface area contributed by atoms with Crippen LogP contribution in [0.4, 0.5) is 0 Å². The van der Waals surface area contributed by atoms with Crippen LogP contribution < -0.4 is 0 Å². The quantitative estimate of drug-likeness (QED) is 0.928. The highest BCUT2D eigenvalue weighted by Gasteiger charge is 2.29. The van der Waals surface area contributed by atoms with E-state index >= 15 is 0 Å². The summed E-state index contributed by atoms with van der Waals surface area (Å²) >= 11 is 6.28. The van der Waals surface area contributed by atoms with Gasteiger partial charge >= 0.3 is 0 Å². The molecule has 2 aromatic carbocycles. The van der Waals surface area contributed by atoms with Crippen molar-refractivity contribution < 1.29 is 14.6 Å². The van der Waals surface area contributed by atoms with Gasteiger partial charge in [0.1, 0.15) is 5.75 Å². The largest absolute Gasteiger partial charge is 0.506 e. The summed E-state index contributed by atoms with van der Waals surface area (Å²) in [7, 11) is 0. The Morgan fingerprint density at radius 1 is 1.39 bits per heavy atom. The van der Waals surface area contributed by atoms with Gasteiger partial charge in [-0.2, -0.15) is 0 Å². The fourth-order valence-electron chi connectivity index (χ4n) is 3.09. The molecule has 1 saturated heterocycles. The molecule has 0 saturated carbocycles.